The van der Waals surface area contributed by atoms with Crippen LogP contribution in [0.4, 0.5) is 4.79 Å². The fourth-order valence-corrected chi connectivity index (χ4v) is 3.45. The van der Waals surface area contributed by atoms with Crippen molar-refractivity contribution in [2.24, 2.45) is 5.92 Å². The number of hydrogen-bond donors (Lipinski definition) is 2. The summed E-state index contributed by atoms with van der Waals surface area (Å²) in [4.78, 5) is 27.7. The molecule has 2 fully saturated rings. The Kier molecular flexibility index (Phi) is 5.45. The molecule has 0 aromatic rings. The van der Waals surface area contributed by atoms with Crippen LogP contribution < -0.4 is 5.32 Å². The lowest BCUT2D eigenvalue weighted by Gasteiger charge is -2.31. The van der Waals surface area contributed by atoms with E-state index >= 15 is 0 Å². The second-order valence-corrected chi connectivity index (χ2v) is 6.37. The Balaban J connectivity index is 1.91. The minimum atomic E-state index is -0.741. The van der Waals surface area contributed by atoms with Gasteiger partial charge in [-0.3, -0.25) is 4.79 Å². The zero-order chi connectivity index (χ0) is 15.4. The maximum atomic E-state index is 12.5. The third-order valence-corrected chi connectivity index (χ3v) is 4.74. The summed E-state index contributed by atoms with van der Waals surface area (Å²) >= 11 is 0. The predicted octanol–water partition coefficient (Wildman–Crippen LogP) is 1.37. The lowest BCUT2D eigenvalue weighted by atomic mass is 10.1. The van der Waals surface area contributed by atoms with E-state index in [1.165, 1.54) is 0 Å². The monoisotopic (exact) mass is 297 g/mol. The molecule has 3 unspecified atom stereocenters. The zero-order valence-corrected chi connectivity index (χ0v) is 13.0. The highest BCUT2D eigenvalue weighted by molar-refractivity contribution is 5.75. The molecule has 0 radical (unpaired) electrons. The van der Waals surface area contributed by atoms with Gasteiger partial charge in [0.15, 0.2) is 0 Å². The van der Waals surface area contributed by atoms with Crippen molar-refractivity contribution in [3.8, 4) is 0 Å². The second kappa shape index (κ2) is 7.11. The number of urea groups is 1. The predicted molar refractivity (Wildman–Crippen MR) is 80.2 cm³/mol. The molecule has 0 aromatic heterocycles. The first kappa shape index (κ1) is 16.1. The van der Waals surface area contributed by atoms with Gasteiger partial charge in [-0.25, -0.2) is 4.79 Å². The molecule has 3 atom stereocenters. The Morgan fingerprint density at radius 3 is 2.67 bits per heavy atom. The average molecular weight is 297 g/mol. The summed E-state index contributed by atoms with van der Waals surface area (Å²) in [6.45, 7) is 4.82. The zero-order valence-electron chi connectivity index (χ0n) is 13.0. The molecule has 1 aliphatic carbocycles. The van der Waals surface area contributed by atoms with Crippen LogP contribution in [0.1, 0.15) is 39.0 Å². The third kappa shape index (κ3) is 4.09. The minimum absolute atomic E-state index is 0.0112. The van der Waals surface area contributed by atoms with E-state index in [-0.39, 0.29) is 24.0 Å². The van der Waals surface area contributed by atoms with Crippen molar-refractivity contribution >= 4 is 12.0 Å². The van der Waals surface area contributed by atoms with Crippen molar-refractivity contribution < 1.29 is 14.7 Å². The lowest BCUT2D eigenvalue weighted by molar-refractivity contribution is -0.141. The molecule has 0 aromatic carbocycles. The van der Waals surface area contributed by atoms with Gasteiger partial charge in [-0.05, 0) is 45.7 Å². The number of hydrogen-bond acceptors (Lipinski definition) is 3. The van der Waals surface area contributed by atoms with E-state index in [0.29, 0.717) is 12.8 Å². The van der Waals surface area contributed by atoms with Gasteiger partial charge in [0.1, 0.15) is 0 Å². The van der Waals surface area contributed by atoms with E-state index in [1.54, 1.807) is 0 Å². The molecule has 6 heteroatoms. The first-order valence-electron chi connectivity index (χ1n) is 7.99. The van der Waals surface area contributed by atoms with Crippen molar-refractivity contribution in [2.75, 3.05) is 26.7 Å². The van der Waals surface area contributed by atoms with Crippen LogP contribution >= 0.6 is 0 Å². The average Bonchev–Trinajstić information content (AvgIpc) is 2.81. The standard InChI is InChI=1S/C15H27N3O3/c1-3-13-10-17(2)7-4-8-18(13)15(21)16-12-6-5-11(9-12)14(19)20/h11-13H,3-10H2,1-2H3,(H,16,21)(H,19,20). The molecule has 1 heterocycles. The largest absolute Gasteiger partial charge is 0.481 e. The molecule has 2 N–H and O–H groups in total. The third-order valence-electron chi connectivity index (χ3n) is 4.74. The number of nitrogens with zero attached hydrogens (tertiary/aromatic N) is 2. The minimum Gasteiger partial charge on any atom is -0.481 e. The van der Waals surface area contributed by atoms with E-state index in [0.717, 1.165) is 38.9 Å². The number of carboxylic acid groups (broad SMARTS) is 1. The maximum Gasteiger partial charge on any atom is 0.317 e. The normalized spacial score (nSPS) is 31.0. The number of carbonyl (C=O) groups excluding carboxylic acids is 1. The maximum absolute atomic E-state index is 12.5. The molecule has 1 saturated heterocycles. The van der Waals surface area contributed by atoms with Gasteiger partial charge in [0.2, 0.25) is 0 Å². The molecule has 120 valence electrons. The lowest BCUT2D eigenvalue weighted by Crippen LogP contribution is -2.50. The van der Waals surface area contributed by atoms with Gasteiger partial charge in [0.25, 0.3) is 0 Å². The van der Waals surface area contributed by atoms with Gasteiger partial charge in [0.05, 0.1) is 5.92 Å². The summed E-state index contributed by atoms with van der Waals surface area (Å²) < 4.78 is 0. The first-order valence-corrected chi connectivity index (χ1v) is 7.99. The number of amides is 2. The SMILES string of the molecule is CCC1CN(C)CCCN1C(=O)NC1CCC(C(=O)O)C1. The van der Waals surface area contributed by atoms with Crippen molar-refractivity contribution in [1.82, 2.24) is 15.1 Å². The van der Waals surface area contributed by atoms with Gasteiger partial charge in [-0.2, -0.15) is 0 Å². The van der Waals surface area contributed by atoms with E-state index < -0.39 is 5.97 Å². The Morgan fingerprint density at radius 1 is 1.29 bits per heavy atom. The molecule has 0 spiro atoms. The van der Waals surface area contributed by atoms with Crippen LogP contribution in [0, 0.1) is 5.92 Å². The number of nitrogens with one attached hydrogen (secondary N) is 1. The second-order valence-electron chi connectivity index (χ2n) is 6.37. The molecule has 1 aliphatic heterocycles. The summed E-state index contributed by atoms with van der Waals surface area (Å²) in [5, 5.41) is 12.1. The van der Waals surface area contributed by atoms with Crippen LogP contribution in [-0.4, -0.2) is 65.7 Å². The molecule has 1 saturated carbocycles. The van der Waals surface area contributed by atoms with Gasteiger partial charge < -0.3 is 20.2 Å². The van der Waals surface area contributed by atoms with Gasteiger partial charge in [0, 0.05) is 25.2 Å². The smallest absolute Gasteiger partial charge is 0.317 e. The number of carboxylic acids is 1. The van der Waals surface area contributed by atoms with E-state index in [9.17, 15) is 9.59 Å². The van der Waals surface area contributed by atoms with Gasteiger partial charge in [-0.15, -0.1) is 0 Å². The highest BCUT2D eigenvalue weighted by atomic mass is 16.4. The van der Waals surface area contributed by atoms with Crippen LogP contribution in [0.15, 0.2) is 0 Å². The molecular weight excluding hydrogens is 270 g/mol. The van der Waals surface area contributed by atoms with Crippen molar-refractivity contribution in [1.29, 1.82) is 0 Å². The van der Waals surface area contributed by atoms with E-state index in [1.807, 2.05) is 4.90 Å². The van der Waals surface area contributed by atoms with Crippen LogP contribution in [-0.2, 0) is 4.79 Å². The number of rotatable bonds is 3. The molecule has 2 rings (SSSR count). The van der Waals surface area contributed by atoms with Crippen molar-refractivity contribution in [3.05, 3.63) is 0 Å². The molecule has 2 amide bonds. The molecule has 6 nitrogen and oxygen atoms in total. The topological polar surface area (TPSA) is 72.9 Å². The van der Waals surface area contributed by atoms with Crippen LogP contribution in [0.5, 0.6) is 0 Å². The van der Waals surface area contributed by atoms with Crippen LogP contribution in [0.25, 0.3) is 0 Å². The van der Waals surface area contributed by atoms with E-state index in [4.69, 9.17) is 5.11 Å². The van der Waals surface area contributed by atoms with Crippen LogP contribution in [0.3, 0.4) is 0 Å². The Labute approximate surface area is 126 Å². The Morgan fingerprint density at radius 2 is 2.05 bits per heavy atom. The molecule has 21 heavy (non-hydrogen) atoms. The van der Waals surface area contributed by atoms with Gasteiger partial charge in [-0.1, -0.05) is 6.92 Å². The van der Waals surface area contributed by atoms with Crippen LogP contribution in [0.2, 0.25) is 0 Å². The fraction of sp³-hybridized carbons (Fsp3) is 0.867. The quantitative estimate of drug-likeness (QED) is 0.825. The number of likely N-dealkylation sites (N-methyl/N-ethyl adjacent to an activating group) is 1. The molecule has 0 bridgehead atoms. The van der Waals surface area contributed by atoms with Crippen molar-refractivity contribution in [2.45, 2.75) is 51.1 Å². The number of aliphatic carboxylic acids is 1. The highest BCUT2D eigenvalue weighted by Crippen LogP contribution is 2.26. The summed E-state index contributed by atoms with van der Waals surface area (Å²) in [7, 11) is 2.10. The Bertz CT molecular complexity index is 388. The summed E-state index contributed by atoms with van der Waals surface area (Å²) in [6.07, 6.45) is 3.93. The summed E-state index contributed by atoms with van der Waals surface area (Å²) in [5.74, 6) is -1.04. The molecule has 2 aliphatic rings. The first-order chi connectivity index (χ1) is 10.0. The highest BCUT2D eigenvalue weighted by Gasteiger charge is 2.33. The van der Waals surface area contributed by atoms with Gasteiger partial charge >= 0.3 is 12.0 Å². The van der Waals surface area contributed by atoms with E-state index in [2.05, 4.69) is 24.2 Å². The number of carbonyl (C=O) groups is 2. The summed E-state index contributed by atoms with van der Waals surface area (Å²) in [6, 6.07) is 0.236. The van der Waals surface area contributed by atoms with Crippen molar-refractivity contribution in [3.63, 3.8) is 0 Å². The molecular formula is C15H27N3O3. The fourth-order valence-electron chi connectivity index (χ4n) is 3.45. The Hall–Kier alpha value is -1.30. The summed E-state index contributed by atoms with van der Waals surface area (Å²) in [5.41, 5.74) is 0.